The van der Waals surface area contributed by atoms with Crippen LogP contribution in [0.3, 0.4) is 0 Å². The zero-order chi connectivity index (χ0) is 10.6. The quantitative estimate of drug-likeness (QED) is 0.543. The highest BCUT2D eigenvalue weighted by Crippen LogP contribution is 2.49. The largest absolute Gasteiger partial charge is 0.385 e. The van der Waals surface area contributed by atoms with E-state index in [1.165, 1.54) is 6.42 Å². The number of hydrogen-bond acceptors (Lipinski definition) is 2. The zero-order valence-electron chi connectivity index (χ0n) is 9.38. The molecule has 0 radical (unpaired) electrons. The molecule has 1 rings (SSSR count). The van der Waals surface area contributed by atoms with Gasteiger partial charge in [-0.1, -0.05) is 29.8 Å². The minimum Gasteiger partial charge on any atom is -0.385 e. The van der Waals surface area contributed by atoms with E-state index in [2.05, 4.69) is 29.8 Å². The van der Waals surface area contributed by atoms with Gasteiger partial charge in [0, 0.05) is 30.6 Å². The SMILES string of the molecule is CCC1(C)C(Br)CC1OCCCOC. The second-order valence-corrected chi connectivity index (χ2v) is 5.37. The van der Waals surface area contributed by atoms with Gasteiger partial charge in [0.1, 0.15) is 0 Å². The zero-order valence-corrected chi connectivity index (χ0v) is 11.0. The lowest BCUT2D eigenvalue weighted by Gasteiger charge is -2.51. The van der Waals surface area contributed by atoms with Gasteiger partial charge in [0.05, 0.1) is 6.10 Å². The van der Waals surface area contributed by atoms with Crippen LogP contribution in [0, 0.1) is 5.41 Å². The Morgan fingerprint density at radius 3 is 2.64 bits per heavy atom. The molecule has 2 nitrogen and oxygen atoms in total. The summed E-state index contributed by atoms with van der Waals surface area (Å²) >= 11 is 3.70. The molecule has 84 valence electrons. The number of methoxy groups -OCH3 is 1. The molecule has 1 aliphatic carbocycles. The summed E-state index contributed by atoms with van der Waals surface area (Å²) in [6.07, 6.45) is 3.77. The second kappa shape index (κ2) is 5.47. The summed E-state index contributed by atoms with van der Waals surface area (Å²) in [5.74, 6) is 0. The molecule has 0 heterocycles. The molecular formula is C11H21BrO2. The Balaban J connectivity index is 2.20. The molecule has 3 heteroatoms. The van der Waals surface area contributed by atoms with Crippen LogP contribution in [0.25, 0.3) is 0 Å². The fourth-order valence-corrected chi connectivity index (χ4v) is 2.86. The first kappa shape index (κ1) is 12.5. The third-order valence-electron chi connectivity index (χ3n) is 3.45. The second-order valence-electron chi connectivity index (χ2n) is 4.27. The van der Waals surface area contributed by atoms with Crippen molar-refractivity contribution in [3.63, 3.8) is 0 Å². The maximum atomic E-state index is 5.85. The van der Waals surface area contributed by atoms with Gasteiger partial charge in [0.2, 0.25) is 0 Å². The maximum Gasteiger partial charge on any atom is 0.0650 e. The van der Waals surface area contributed by atoms with Gasteiger partial charge in [-0.15, -0.1) is 0 Å². The molecule has 1 aliphatic rings. The van der Waals surface area contributed by atoms with Gasteiger partial charge in [-0.2, -0.15) is 0 Å². The predicted molar refractivity (Wildman–Crippen MR) is 62.0 cm³/mol. The molecule has 0 saturated heterocycles. The minimum absolute atomic E-state index is 0.340. The molecule has 0 aliphatic heterocycles. The highest BCUT2D eigenvalue weighted by atomic mass is 79.9. The van der Waals surface area contributed by atoms with Crippen LogP contribution in [0.15, 0.2) is 0 Å². The summed E-state index contributed by atoms with van der Waals surface area (Å²) in [5.41, 5.74) is 0.340. The van der Waals surface area contributed by atoms with Crippen molar-refractivity contribution in [1.82, 2.24) is 0 Å². The molecule has 0 N–H and O–H groups in total. The summed E-state index contributed by atoms with van der Waals surface area (Å²) in [7, 11) is 1.73. The summed E-state index contributed by atoms with van der Waals surface area (Å²) in [6.45, 7) is 6.16. The molecule has 0 aromatic heterocycles. The van der Waals surface area contributed by atoms with Crippen molar-refractivity contribution in [2.24, 2.45) is 5.41 Å². The molecule has 0 amide bonds. The van der Waals surface area contributed by atoms with Gasteiger partial charge in [-0.3, -0.25) is 0 Å². The van der Waals surface area contributed by atoms with E-state index >= 15 is 0 Å². The standard InChI is InChI=1S/C11H21BrO2/c1-4-11(2)9(12)8-10(11)14-7-5-6-13-3/h9-10H,4-8H2,1-3H3. The van der Waals surface area contributed by atoms with Crippen molar-refractivity contribution in [2.75, 3.05) is 20.3 Å². The lowest BCUT2D eigenvalue weighted by molar-refractivity contribution is -0.0988. The monoisotopic (exact) mass is 264 g/mol. The normalized spacial score (nSPS) is 36.9. The van der Waals surface area contributed by atoms with E-state index < -0.39 is 0 Å². The fourth-order valence-electron chi connectivity index (χ4n) is 1.90. The van der Waals surface area contributed by atoms with Crippen molar-refractivity contribution in [3.05, 3.63) is 0 Å². The molecule has 3 unspecified atom stereocenters. The summed E-state index contributed by atoms with van der Waals surface area (Å²) < 4.78 is 10.8. The van der Waals surface area contributed by atoms with Crippen LogP contribution in [0.5, 0.6) is 0 Å². The van der Waals surface area contributed by atoms with Crippen molar-refractivity contribution in [1.29, 1.82) is 0 Å². The Morgan fingerprint density at radius 1 is 1.43 bits per heavy atom. The Bertz CT molecular complexity index is 175. The van der Waals surface area contributed by atoms with Crippen molar-refractivity contribution in [3.8, 4) is 0 Å². The molecule has 14 heavy (non-hydrogen) atoms. The van der Waals surface area contributed by atoms with Crippen molar-refractivity contribution >= 4 is 15.9 Å². The molecule has 0 aromatic rings. The first-order chi connectivity index (χ1) is 6.65. The summed E-state index contributed by atoms with van der Waals surface area (Å²) in [4.78, 5) is 0.632. The Hall–Kier alpha value is 0.400. The van der Waals surface area contributed by atoms with Crippen LogP contribution in [-0.4, -0.2) is 31.3 Å². The first-order valence-corrected chi connectivity index (χ1v) is 6.31. The van der Waals surface area contributed by atoms with Gasteiger partial charge in [0.15, 0.2) is 0 Å². The molecule has 0 aromatic carbocycles. The highest BCUT2D eigenvalue weighted by Gasteiger charge is 2.49. The van der Waals surface area contributed by atoms with Crippen LogP contribution >= 0.6 is 15.9 Å². The van der Waals surface area contributed by atoms with Crippen LogP contribution in [0.4, 0.5) is 0 Å². The molecule has 0 bridgehead atoms. The third-order valence-corrected chi connectivity index (χ3v) is 4.87. The van der Waals surface area contributed by atoms with Crippen LogP contribution in [0.2, 0.25) is 0 Å². The Morgan fingerprint density at radius 2 is 2.14 bits per heavy atom. The topological polar surface area (TPSA) is 18.5 Å². The van der Waals surface area contributed by atoms with Gasteiger partial charge in [0.25, 0.3) is 0 Å². The van der Waals surface area contributed by atoms with Crippen molar-refractivity contribution in [2.45, 2.75) is 44.0 Å². The third kappa shape index (κ3) is 2.50. The molecule has 3 atom stereocenters. The van der Waals surface area contributed by atoms with E-state index in [0.29, 0.717) is 16.3 Å². The van der Waals surface area contributed by atoms with Gasteiger partial charge in [-0.25, -0.2) is 0 Å². The van der Waals surface area contributed by atoms with E-state index in [4.69, 9.17) is 9.47 Å². The highest BCUT2D eigenvalue weighted by molar-refractivity contribution is 9.09. The summed E-state index contributed by atoms with van der Waals surface area (Å²) in [6, 6.07) is 0. The first-order valence-electron chi connectivity index (χ1n) is 5.39. The van der Waals surface area contributed by atoms with Gasteiger partial charge < -0.3 is 9.47 Å². The molecular weight excluding hydrogens is 244 g/mol. The lowest BCUT2D eigenvalue weighted by Crippen LogP contribution is -2.53. The molecule has 1 fully saturated rings. The average molecular weight is 265 g/mol. The number of ether oxygens (including phenoxy) is 2. The Kier molecular flexibility index (Phi) is 4.88. The van der Waals surface area contributed by atoms with E-state index in [9.17, 15) is 0 Å². The number of rotatable bonds is 6. The Labute approximate surface area is 95.5 Å². The predicted octanol–water partition coefficient (Wildman–Crippen LogP) is 2.99. The van der Waals surface area contributed by atoms with E-state index in [1.54, 1.807) is 7.11 Å². The minimum atomic E-state index is 0.340. The fraction of sp³-hybridized carbons (Fsp3) is 1.00. The number of halogens is 1. The van der Waals surface area contributed by atoms with Gasteiger partial charge >= 0.3 is 0 Å². The average Bonchev–Trinajstić information content (AvgIpc) is 2.21. The summed E-state index contributed by atoms with van der Waals surface area (Å²) in [5, 5.41) is 0. The molecule has 1 saturated carbocycles. The van der Waals surface area contributed by atoms with Crippen LogP contribution < -0.4 is 0 Å². The molecule has 0 spiro atoms. The van der Waals surface area contributed by atoms with E-state index in [-0.39, 0.29) is 0 Å². The smallest absolute Gasteiger partial charge is 0.0650 e. The number of hydrogen-bond donors (Lipinski definition) is 0. The van der Waals surface area contributed by atoms with E-state index in [0.717, 1.165) is 26.1 Å². The maximum absolute atomic E-state index is 5.85. The van der Waals surface area contributed by atoms with Crippen molar-refractivity contribution < 1.29 is 9.47 Å². The van der Waals surface area contributed by atoms with Crippen LogP contribution in [-0.2, 0) is 9.47 Å². The van der Waals surface area contributed by atoms with E-state index in [1.807, 2.05) is 0 Å². The van der Waals surface area contributed by atoms with Gasteiger partial charge in [-0.05, 0) is 19.3 Å². The number of alkyl halides is 1. The lowest BCUT2D eigenvalue weighted by atomic mass is 9.66. The van der Waals surface area contributed by atoms with Crippen LogP contribution in [0.1, 0.15) is 33.1 Å².